The Morgan fingerprint density at radius 2 is 1.95 bits per heavy atom. The van der Waals surface area contributed by atoms with Crippen molar-refractivity contribution in [2.45, 2.75) is 19.8 Å². The number of rotatable bonds is 5. The summed E-state index contributed by atoms with van der Waals surface area (Å²) in [6.45, 7) is 2.78. The highest BCUT2D eigenvalue weighted by Gasteiger charge is 2.19. The standard InChI is InChI=1S/C16H19N3O/c1-2-3-12-19(13-8-5-4-6-9-13)16(20)14-10-7-11-18-15(14)17/h4-11H,2-3,12H2,1H3,(H2,17,18). The number of nitrogens with zero attached hydrogens (tertiary/aromatic N) is 2. The van der Waals surface area contributed by atoms with Crippen molar-refractivity contribution in [2.24, 2.45) is 0 Å². The number of hydrogen-bond donors (Lipinski definition) is 1. The van der Waals surface area contributed by atoms with Crippen LogP contribution >= 0.6 is 0 Å². The Morgan fingerprint density at radius 3 is 2.60 bits per heavy atom. The van der Waals surface area contributed by atoms with Gasteiger partial charge in [0.25, 0.3) is 5.91 Å². The maximum atomic E-state index is 12.7. The van der Waals surface area contributed by atoms with Crippen molar-refractivity contribution in [1.82, 2.24) is 4.98 Å². The maximum absolute atomic E-state index is 12.7. The second-order valence-electron chi connectivity index (χ2n) is 4.58. The first-order chi connectivity index (χ1) is 9.74. The second kappa shape index (κ2) is 6.70. The first kappa shape index (κ1) is 14.1. The lowest BCUT2D eigenvalue weighted by atomic mass is 10.2. The molecular weight excluding hydrogens is 250 g/mol. The number of carbonyl (C=O) groups is 1. The highest BCUT2D eigenvalue weighted by Crippen LogP contribution is 2.19. The number of unbranched alkanes of at least 4 members (excludes halogenated alkanes) is 1. The number of nitrogens with two attached hydrogens (primary N) is 1. The van der Waals surface area contributed by atoms with Gasteiger partial charge in [-0.25, -0.2) is 4.98 Å². The Balaban J connectivity index is 2.32. The Hall–Kier alpha value is -2.36. The van der Waals surface area contributed by atoms with Crippen molar-refractivity contribution in [3.8, 4) is 0 Å². The fourth-order valence-corrected chi connectivity index (χ4v) is 2.02. The molecule has 4 heteroatoms. The molecule has 20 heavy (non-hydrogen) atoms. The van der Waals surface area contributed by atoms with Crippen molar-refractivity contribution in [1.29, 1.82) is 0 Å². The number of aromatic nitrogens is 1. The van der Waals surface area contributed by atoms with Gasteiger partial charge in [-0.3, -0.25) is 4.79 Å². The van der Waals surface area contributed by atoms with Crippen LogP contribution in [0, 0.1) is 0 Å². The highest BCUT2D eigenvalue weighted by atomic mass is 16.2. The molecule has 0 saturated heterocycles. The van der Waals surface area contributed by atoms with Gasteiger partial charge >= 0.3 is 0 Å². The zero-order valence-corrected chi connectivity index (χ0v) is 11.6. The summed E-state index contributed by atoms with van der Waals surface area (Å²) in [5.41, 5.74) is 7.14. The van der Waals surface area contributed by atoms with Gasteiger partial charge in [-0.15, -0.1) is 0 Å². The number of pyridine rings is 1. The lowest BCUT2D eigenvalue weighted by Gasteiger charge is -2.23. The Kier molecular flexibility index (Phi) is 4.71. The minimum Gasteiger partial charge on any atom is -0.383 e. The van der Waals surface area contributed by atoms with E-state index in [-0.39, 0.29) is 11.7 Å². The molecular formula is C16H19N3O. The molecule has 2 N–H and O–H groups in total. The van der Waals surface area contributed by atoms with Crippen LogP contribution in [0.2, 0.25) is 0 Å². The van der Waals surface area contributed by atoms with E-state index in [1.807, 2.05) is 30.3 Å². The van der Waals surface area contributed by atoms with Crippen molar-refractivity contribution < 1.29 is 4.79 Å². The summed E-state index contributed by atoms with van der Waals surface area (Å²) in [5, 5.41) is 0. The van der Waals surface area contributed by atoms with Gasteiger partial charge in [0, 0.05) is 18.4 Å². The number of amides is 1. The summed E-state index contributed by atoms with van der Waals surface area (Å²) < 4.78 is 0. The molecule has 0 bridgehead atoms. The second-order valence-corrected chi connectivity index (χ2v) is 4.58. The molecule has 0 radical (unpaired) electrons. The number of anilines is 2. The van der Waals surface area contributed by atoms with Crippen LogP contribution in [0.1, 0.15) is 30.1 Å². The molecule has 0 aliphatic heterocycles. The van der Waals surface area contributed by atoms with E-state index in [2.05, 4.69) is 11.9 Å². The van der Waals surface area contributed by atoms with E-state index in [4.69, 9.17) is 5.73 Å². The summed E-state index contributed by atoms with van der Waals surface area (Å²) in [6, 6.07) is 13.1. The molecule has 1 aromatic carbocycles. The molecule has 0 unspecified atom stereocenters. The van der Waals surface area contributed by atoms with Crippen molar-refractivity contribution in [2.75, 3.05) is 17.2 Å². The summed E-state index contributed by atoms with van der Waals surface area (Å²) in [5.74, 6) is 0.171. The van der Waals surface area contributed by atoms with Crippen LogP contribution in [0.25, 0.3) is 0 Å². The third-order valence-corrected chi connectivity index (χ3v) is 3.12. The SMILES string of the molecule is CCCCN(C(=O)c1cccnc1N)c1ccccc1. The van der Waals surface area contributed by atoms with E-state index in [0.717, 1.165) is 18.5 Å². The smallest absolute Gasteiger partial charge is 0.262 e. The average molecular weight is 269 g/mol. The molecule has 0 atom stereocenters. The fourth-order valence-electron chi connectivity index (χ4n) is 2.02. The predicted octanol–water partition coefficient (Wildman–Crippen LogP) is 3.11. The van der Waals surface area contributed by atoms with Gasteiger partial charge in [0.05, 0.1) is 5.56 Å². The number of nitrogen functional groups attached to an aromatic ring is 1. The molecule has 0 fully saturated rings. The quantitative estimate of drug-likeness (QED) is 0.907. The van der Waals surface area contributed by atoms with E-state index in [1.54, 1.807) is 23.2 Å². The molecule has 0 aliphatic carbocycles. The van der Waals surface area contributed by atoms with E-state index in [1.165, 1.54) is 0 Å². The average Bonchev–Trinajstić information content (AvgIpc) is 2.49. The molecule has 0 aliphatic rings. The van der Waals surface area contributed by atoms with Crippen LogP contribution in [0.4, 0.5) is 11.5 Å². The summed E-state index contributed by atoms with van der Waals surface area (Å²) in [4.78, 5) is 18.4. The molecule has 0 spiro atoms. The Labute approximate surface area is 119 Å². The van der Waals surface area contributed by atoms with Crippen LogP contribution in [0.5, 0.6) is 0 Å². The van der Waals surface area contributed by atoms with Gasteiger partial charge in [-0.05, 0) is 30.7 Å². The van der Waals surface area contributed by atoms with Crippen LogP contribution < -0.4 is 10.6 Å². The van der Waals surface area contributed by atoms with E-state index < -0.39 is 0 Å². The number of benzene rings is 1. The van der Waals surface area contributed by atoms with Gasteiger partial charge in [-0.1, -0.05) is 31.5 Å². The van der Waals surface area contributed by atoms with Gasteiger partial charge in [0.1, 0.15) is 5.82 Å². The molecule has 1 heterocycles. The minimum atomic E-state index is -0.102. The van der Waals surface area contributed by atoms with Crippen molar-refractivity contribution in [3.63, 3.8) is 0 Å². The van der Waals surface area contributed by atoms with Crippen molar-refractivity contribution in [3.05, 3.63) is 54.2 Å². The monoisotopic (exact) mass is 269 g/mol. The minimum absolute atomic E-state index is 0.102. The van der Waals surface area contributed by atoms with Crippen LogP contribution in [-0.2, 0) is 0 Å². The summed E-state index contributed by atoms with van der Waals surface area (Å²) in [7, 11) is 0. The zero-order valence-electron chi connectivity index (χ0n) is 11.6. The Bertz CT molecular complexity index is 569. The molecule has 2 rings (SSSR count). The first-order valence-corrected chi connectivity index (χ1v) is 6.81. The number of carbonyl (C=O) groups excluding carboxylic acids is 1. The number of para-hydroxylation sites is 1. The molecule has 0 saturated carbocycles. The van der Waals surface area contributed by atoms with Gasteiger partial charge in [0.2, 0.25) is 0 Å². The largest absolute Gasteiger partial charge is 0.383 e. The fraction of sp³-hybridized carbons (Fsp3) is 0.250. The lowest BCUT2D eigenvalue weighted by molar-refractivity contribution is 0.0987. The molecule has 2 aromatic rings. The third kappa shape index (κ3) is 3.15. The van der Waals surface area contributed by atoms with Gasteiger partial charge in [0.15, 0.2) is 0 Å². The Morgan fingerprint density at radius 1 is 1.20 bits per heavy atom. The maximum Gasteiger partial charge on any atom is 0.262 e. The van der Waals surface area contributed by atoms with Gasteiger partial charge < -0.3 is 10.6 Å². The van der Waals surface area contributed by atoms with E-state index >= 15 is 0 Å². The van der Waals surface area contributed by atoms with Gasteiger partial charge in [-0.2, -0.15) is 0 Å². The lowest BCUT2D eigenvalue weighted by Crippen LogP contribution is -2.32. The molecule has 4 nitrogen and oxygen atoms in total. The molecule has 1 amide bonds. The van der Waals surface area contributed by atoms with Crippen LogP contribution in [0.15, 0.2) is 48.7 Å². The van der Waals surface area contributed by atoms with Crippen LogP contribution in [0.3, 0.4) is 0 Å². The first-order valence-electron chi connectivity index (χ1n) is 6.81. The van der Waals surface area contributed by atoms with E-state index in [9.17, 15) is 4.79 Å². The predicted molar refractivity (Wildman–Crippen MR) is 81.7 cm³/mol. The van der Waals surface area contributed by atoms with Crippen molar-refractivity contribution >= 4 is 17.4 Å². The topological polar surface area (TPSA) is 59.2 Å². The zero-order chi connectivity index (χ0) is 14.4. The number of hydrogen-bond acceptors (Lipinski definition) is 3. The highest BCUT2D eigenvalue weighted by molar-refractivity contribution is 6.08. The van der Waals surface area contributed by atoms with E-state index in [0.29, 0.717) is 12.1 Å². The third-order valence-electron chi connectivity index (χ3n) is 3.12. The normalized spacial score (nSPS) is 10.2. The molecule has 104 valence electrons. The summed E-state index contributed by atoms with van der Waals surface area (Å²) in [6.07, 6.45) is 3.56. The molecule has 1 aromatic heterocycles. The van der Waals surface area contributed by atoms with Crippen LogP contribution in [-0.4, -0.2) is 17.4 Å². The summed E-state index contributed by atoms with van der Waals surface area (Å²) >= 11 is 0.